The maximum absolute atomic E-state index is 12.3. The van der Waals surface area contributed by atoms with E-state index in [0.717, 1.165) is 0 Å². The third-order valence-corrected chi connectivity index (χ3v) is 5.77. The molecule has 7 nitrogen and oxygen atoms in total. The molecule has 5 N–H and O–H groups in total. The third kappa shape index (κ3) is 5.99. The minimum atomic E-state index is -3.78. The molecule has 0 aliphatic rings. The molecule has 2 aromatic rings. The van der Waals surface area contributed by atoms with Crippen LogP contribution in [-0.2, 0) is 10.0 Å². The van der Waals surface area contributed by atoms with Crippen LogP contribution in [0.4, 0.5) is 5.69 Å². The van der Waals surface area contributed by atoms with Crippen LogP contribution in [0.3, 0.4) is 0 Å². The second-order valence-electron chi connectivity index (χ2n) is 5.70. The lowest BCUT2D eigenvalue weighted by atomic mass is 10.2. The summed E-state index contributed by atoms with van der Waals surface area (Å²) in [7, 11) is -3.78. The van der Waals surface area contributed by atoms with Crippen molar-refractivity contribution in [2.75, 3.05) is 18.9 Å². The first-order valence-corrected chi connectivity index (χ1v) is 10.1. The Morgan fingerprint density at radius 2 is 1.96 bits per heavy atom. The van der Waals surface area contributed by atoms with Gasteiger partial charge in [0.05, 0.1) is 22.3 Å². The first-order valence-electron chi connectivity index (χ1n) is 7.85. The lowest BCUT2D eigenvalue weighted by molar-refractivity contribution is 0.284. The summed E-state index contributed by atoms with van der Waals surface area (Å²) < 4.78 is 32.5. The molecule has 10 heteroatoms. The molecule has 0 unspecified atom stereocenters. The lowest BCUT2D eigenvalue weighted by Gasteiger charge is -2.15. The zero-order chi connectivity index (χ0) is 20.0. The van der Waals surface area contributed by atoms with Crippen molar-refractivity contribution in [3.05, 3.63) is 52.0 Å². The Hall–Kier alpha value is -2.02. The molecule has 0 fully saturated rings. The first kappa shape index (κ1) is 21.3. The number of hydrogen-bond acceptors (Lipinski definition) is 6. The van der Waals surface area contributed by atoms with Gasteiger partial charge in [-0.15, -0.1) is 0 Å². The molecule has 2 aromatic carbocycles. The van der Waals surface area contributed by atoms with Gasteiger partial charge in [0.1, 0.15) is 17.3 Å². The number of anilines is 1. The molecule has 0 heterocycles. The summed E-state index contributed by atoms with van der Waals surface area (Å²) in [5.74, 6) is 0.359. The van der Waals surface area contributed by atoms with Gasteiger partial charge in [0.2, 0.25) is 10.0 Å². The van der Waals surface area contributed by atoms with Crippen LogP contribution < -0.4 is 20.9 Å². The fourth-order valence-corrected chi connectivity index (χ4v) is 3.98. The molecular weight excluding hydrogens is 411 g/mol. The molecule has 0 aromatic heterocycles. The lowest BCUT2D eigenvalue weighted by Crippen LogP contribution is -2.34. The molecule has 0 saturated heterocycles. The van der Waals surface area contributed by atoms with Crippen molar-refractivity contribution in [3.63, 3.8) is 0 Å². The van der Waals surface area contributed by atoms with Crippen molar-refractivity contribution in [2.45, 2.75) is 17.4 Å². The van der Waals surface area contributed by atoms with Crippen LogP contribution in [-0.4, -0.2) is 27.6 Å². The quantitative estimate of drug-likeness (QED) is 0.553. The number of sulfonamides is 1. The number of rotatable bonds is 8. The van der Waals surface area contributed by atoms with Crippen LogP contribution in [0.2, 0.25) is 10.0 Å². The number of nitrogens with two attached hydrogens (primary N) is 2. The SMILES string of the molecule is N#Cc1ccc(N)c(OC[C@@H](N)CCNS(=O)(=O)c2ccc(Cl)cc2Cl)c1. The third-order valence-electron chi connectivity index (χ3n) is 3.59. The molecule has 2 rings (SSSR count). The van der Waals surface area contributed by atoms with Crippen molar-refractivity contribution in [2.24, 2.45) is 5.73 Å². The molecule has 0 amide bonds. The largest absolute Gasteiger partial charge is 0.490 e. The highest BCUT2D eigenvalue weighted by Gasteiger charge is 2.18. The number of nitrogens with zero attached hydrogens (tertiary/aromatic N) is 1. The van der Waals surface area contributed by atoms with Crippen LogP contribution in [0.1, 0.15) is 12.0 Å². The van der Waals surface area contributed by atoms with Gasteiger partial charge in [0.25, 0.3) is 0 Å². The number of nitrogen functional groups attached to an aromatic ring is 1. The molecular formula is C17H18Cl2N4O3S. The predicted octanol–water partition coefficient (Wildman–Crippen LogP) is 2.52. The van der Waals surface area contributed by atoms with Crippen molar-refractivity contribution in [1.82, 2.24) is 4.72 Å². The Labute approximate surface area is 167 Å². The second-order valence-corrected chi connectivity index (χ2v) is 8.28. The van der Waals surface area contributed by atoms with E-state index in [0.29, 0.717) is 28.4 Å². The predicted molar refractivity (Wildman–Crippen MR) is 105 cm³/mol. The Balaban J connectivity index is 1.87. The van der Waals surface area contributed by atoms with Gasteiger partial charge in [-0.3, -0.25) is 0 Å². The average molecular weight is 429 g/mol. The van der Waals surface area contributed by atoms with Crippen LogP contribution >= 0.6 is 23.2 Å². The van der Waals surface area contributed by atoms with Crippen LogP contribution in [0.15, 0.2) is 41.3 Å². The minimum absolute atomic E-state index is 0.0375. The molecule has 1 atom stereocenters. The van der Waals surface area contributed by atoms with E-state index in [-0.39, 0.29) is 23.1 Å². The maximum Gasteiger partial charge on any atom is 0.242 e. The highest BCUT2D eigenvalue weighted by molar-refractivity contribution is 7.89. The van der Waals surface area contributed by atoms with E-state index >= 15 is 0 Å². The number of nitrogens with one attached hydrogen (secondary N) is 1. The molecule has 0 radical (unpaired) electrons. The Morgan fingerprint density at radius 3 is 2.63 bits per heavy atom. The summed E-state index contributed by atoms with van der Waals surface area (Å²) in [5, 5.41) is 9.28. The van der Waals surface area contributed by atoms with Crippen LogP contribution in [0.5, 0.6) is 5.75 Å². The van der Waals surface area contributed by atoms with Gasteiger partial charge < -0.3 is 16.2 Å². The number of benzene rings is 2. The number of nitriles is 1. The number of halogens is 2. The summed E-state index contributed by atoms with van der Waals surface area (Å²) in [6, 6.07) is 10.4. The van der Waals surface area contributed by atoms with Crippen molar-refractivity contribution in [3.8, 4) is 11.8 Å². The zero-order valence-electron chi connectivity index (χ0n) is 14.2. The van der Waals surface area contributed by atoms with Crippen molar-refractivity contribution >= 4 is 38.9 Å². The van der Waals surface area contributed by atoms with Gasteiger partial charge in [0.15, 0.2) is 0 Å². The van der Waals surface area contributed by atoms with Gasteiger partial charge in [-0.25, -0.2) is 13.1 Å². The molecule has 0 bridgehead atoms. The minimum Gasteiger partial charge on any atom is -0.490 e. The monoisotopic (exact) mass is 428 g/mol. The normalized spacial score (nSPS) is 12.4. The average Bonchev–Trinajstić information content (AvgIpc) is 2.60. The summed E-state index contributed by atoms with van der Waals surface area (Å²) in [4.78, 5) is -0.0560. The van der Waals surface area contributed by atoms with Crippen LogP contribution in [0, 0.1) is 11.3 Å². The summed E-state index contributed by atoms with van der Waals surface area (Å²) >= 11 is 11.7. The van der Waals surface area contributed by atoms with E-state index in [1.165, 1.54) is 24.3 Å². The van der Waals surface area contributed by atoms with E-state index in [1.807, 2.05) is 6.07 Å². The fraction of sp³-hybridized carbons (Fsp3) is 0.235. The summed E-state index contributed by atoms with van der Waals surface area (Å²) in [6.07, 6.45) is 0.322. The first-order chi connectivity index (χ1) is 12.7. The van der Waals surface area contributed by atoms with Crippen LogP contribution in [0.25, 0.3) is 0 Å². The maximum atomic E-state index is 12.3. The van der Waals surface area contributed by atoms with E-state index in [9.17, 15) is 8.42 Å². The van der Waals surface area contributed by atoms with E-state index < -0.39 is 16.1 Å². The number of ether oxygens (including phenoxy) is 1. The van der Waals surface area contributed by atoms with E-state index in [2.05, 4.69) is 4.72 Å². The van der Waals surface area contributed by atoms with Crippen molar-refractivity contribution in [1.29, 1.82) is 5.26 Å². The van der Waals surface area contributed by atoms with Crippen molar-refractivity contribution < 1.29 is 13.2 Å². The second kappa shape index (κ2) is 9.26. The topological polar surface area (TPSA) is 131 Å². The van der Waals surface area contributed by atoms with Gasteiger partial charge in [0, 0.05) is 23.7 Å². The highest BCUT2D eigenvalue weighted by Crippen LogP contribution is 2.25. The smallest absolute Gasteiger partial charge is 0.242 e. The molecule has 27 heavy (non-hydrogen) atoms. The van der Waals surface area contributed by atoms with E-state index in [1.54, 1.807) is 12.1 Å². The Morgan fingerprint density at radius 1 is 1.22 bits per heavy atom. The summed E-state index contributed by atoms with van der Waals surface area (Å²) in [5.41, 5.74) is 12.5. The highest BCUT2D eigenvalue weighted by atomic mass is 35.5. The number of hydrogen-bond donors (Lipinski definition) is 3. The molecule has 0 spiro atoms. The Kier molecular flexibility index (Phi) is 7.30. The standard InChI is InChI=1S/C17H18Cl2N4O3S/c18-12-2-4-17(14(19)8-12)27(24,25)23-6-5-13(21)10-26-16-7-11(9-20)1-3-15(16)22/h1-4,7-8,13,23H,5-6,10,21-22H2/t13-/m0/s1. The molecule has 0 saturated carbocycles. The zero-order valence-corrected chi connectivity index (χ0v) is 16.5. The fourth-order valence-electron chi connectivity index (χ4n) is 2.16. The Bertz CT molecular complexity index is 961. The van der Waals surface area contributed by atoms with Gasteiger partial charge in [-0.1, -0.05) is 23.2 Å². The molecule has 144 valence electrons. The summed E-state index contributed by atoms with van der Waals surface area (Å²) in [6.45, 7) is 0.210. The molecule has 0 aliphatic heterocycles. The van der Waals surface area contributed by atoms with Gasteiger partial charge >= 0.3 is 0 Å². The molecule has 0 aliphatic carbocycles. The van der Waals surface area contributed by atoms with Gasteiger partial charge in [-0.05, 0) is 36.8 Å². The van der Waals surface area contributed by atoms with E-state index in [4.69, 9.17) is 44.7 Å². The van der Waals surface area contributed by atoms with Gasteiger partial charge in [-0.2, -0.15) is 5.26 Å².